The number of amides is 1. The van der Waals surface area contributed by atoms with E-state index >= 15 is 0 Å². The molecule has 22 heavy (non-hydrogen) atoms. The van der Waals surface area contributed by atoms with Crippen molar-refractivity contribution in [2.24, 2.45) is 0 Å². The SMILES string of the molecule is Cc1csc(NC(=O)Cn2c(=O)[nH]c3ccccc3c2=O)n1. The highest BCUT2D eigenvalue weighted by molar-refractivity contribution is 7.13. The van der Waals surface area contributed by atoms with Crippen LogP contribution in [0.1, 0.15) is 5.69 Å². The minimum absolute atomic E-state index is 0.361. The quantitative estimate of drug-likeness (QED) is 0.756. The van der Waals surface area contributed by atoms with E-state index in [1.165, 1.54) is 11.3 Å². The number of carbonyl (C=O) groups is 1. The van der Waals surface area contributed by atoms with Crippen LogP contribution >= 0.6 is 11.3 Å². The Hall–Kier alpha value is -2.74. The molecule has 0 aliphatic heterocycles. The number of aryl methyl sites for hydroxylation is 1. The van der Waals surface area contributed by atoms with Crippen LogP contribution in [0.25, 0.3) is 10.9 Å². The maximum atomic E-state index is 12.3. The monoisotopic (exact) mass is 316 g/mol. The molecule has 112 valence electrons. The lowest BCUT2D eigenvalue weighted by atomic mass is 10.2. The number of thiazole rings is 1. The average molecular weight is 316 g/mol. The fourth-order valence-corrected chi connectivity index (χ4v) is 2.76. The van der Waals surface area contributed by atoms with E-state index in [-0.39, 0.29) is 6.54 Å². The second-order valence-electron chi connectivity index (χ2n) is 4.71. The molecule has 1 amide bonds. The summed E-state index contributed by atoms with van der Waals surface area (Å²) < 4.78 is 0.873. The molecular weight excluding hydrogens is 304 g/mol. The Kier molecular flexibility index (Phi) is 3.60. The number of hydrogen-bond donors (Lipinski definition) is 2. The van der Waals surface area contributed by atoms with Crippen LogP contribution in [0.4, 0.5) is 5.13 Å². The first-order chi connectivity index (χ1) is 10.5. The number of aromatic nitrogens is 3. The number of anilines is 1. The largest absolute Gasteiger partial charge is 0.329 e. The van der Waals surface area contributed by atoms with E-state index < -0.39 is 17.2 Å². The molecule has 0 aliphatic carbocycles. The van der Waals surface area contributed by atoms with Crippen LogP contribution < -0.4 is 16.6 Å². The van der Waals surface area contributed by atoms with Crippen molar-refractivity contribution in [1.82, 2.24) is 14.5 Å². The fourth-order valence-electron chi connectivity index (χ4n) is 2.06. The Balaban J connectivity index is 1.92. The summed E-state index contributed by atoms with van der Waals surface area (Å²) in [7, 11) is 0. The van der Waals surface area contributed by atoms with Gasteiger partial charge in [0.1, 0.15) is 6.54 Å². The van der Waals surface area contributed by atoms with E-state index in [0.29, 0.717) is 16.0 Å². The van der Waals surface area contributed by atoms with E-state index in [4.69, 9.17) is 0 Å². The van der Waals surface area contributed by atoms with Crippen molar-refractivity contribution in [2.75, 3.05) is 5.32 Å². The number of H-pyrrole nitrogens is 1. The summed E-state index contributed by atoms with van der Waals surface area (Å²) in [5.41, 5.74) is 0.129. The Bertz CT molecular complexity index is 970. The summed E-state index contributed by atoms with van der Waals surface area (Å²) in [5, 5.41) is 5.16. The first-order valence-electron chi connectivity index (χ1n) is 6.48. The highest BCUT2D eigenvalue weighted by Crippen LogP contribution is 2.14. The van der Waals surface area contributed by atoms with Crippen molar-refractivity contribution < 1.29 is 4.79 Å². The molecule has 3 aromatic rings. The summed E-state index contributed by atoms with van der Waals surface area (Å²) in [6.07, 6.45) is 0. The second kappa shape index (κ2) is 5.57. The smallest absolute Gasteiger partial charge is 0.307 e. The molecule has 1 aromatic carbocycles. The molecule has 7 nitrogen and oxygen atoms in total. The molecule has 2 N–H and O–H groups in total. The Morgan fingerprint density at radius 2 is 2.14 bits per heavy atom. The van der Waals surface area contributed by atoms with Crippen molar-refractivity contribution in [3.05, 3.63) is 56.2 Å². The molecule has 0 saturated carbocycles. The van der Waals surface area contributed by atoms with Gasteiger partial charge in [-0.2, -0.15) is 0 Å². The third-order valence-electron chi connectivity index (χ3n) is 3.06. The lowest BCUT2D eigenvalue weighted by Gasteiger charge is -2.06. The van der Waals surface area contributed by atoms with Crippen molar-refractivity contribution in [2.45, 2.75) is 13.5 Å². The van der Waals surface area contributed by atoms with Crippen molar-refractivity contribution >= 4 is 33.3 Å². The molecule has 2 aromatic heterocycles. The number of aromatic amines is 1. The lowest BCUT2D eigenvalue weighted by Crippen LogP contribution is -2.38. The molecular formula is C14H12N4O3S. The van der Waals surface area contributed by atoms with Crippen molar-refractivity contribution in [3.8, 4) is 0 Å². The highest BCUT2D eigenvalue weighted by atomic mass is 32.1. The number of nitrogens with one attached hydrogen (secondary N) is 2. The zero-order valence-corrected chi connectivity index (χ0v) is 12.4. The van der Waals surface area contributed by atoms with E-state index in [0.717, 1.165) is 10.3 Å². The van der Waals surface area contributed by atoms with Crippen LogP contribution in [-0.4, -0.2) is 20.4 Å². The van der Waals surface area contributed by atoms with Gasteiger partial charge in [-0.3, -0.25) is 14.2 Å². The molecule has 0 aliphatic rings. The van der Waals surface area contributed by atoms with Gasteiger partial charge in [0.2, 0.25) is 5.91 Å². The Labute approximate surface area is 128 Å². The van der Waals surface area contributed by atoms with Gasteiger partial charge in [0.15, 0.2) is 5.13 Å². The van der Waals surface area contributed by atoms with Crippen LogP contribution in [0, 0.1) is 6.92 Å². The van der Waals surface area contributed by atoms with Gasteiger partial charge in [0.25, 0.3) is 5.56 Å². The first kappa shape index (κ1) is 14.2. The maximum Gasteiger partial charge on any atom is 0.329 e. The lowest BCUT2D eigenvalue weighted by molar-refractivity contribution is -0.116. The number of rotatable bonds is 3. The predicted octanol–water partition coefficient (Wildman–Crippen LogP) is 1.09. The van der Waals surface area contributed by atoms with Crippen molar-refractivity contribution in [1.29, 1.82) is 0 Å². The van der Waals surface area contributed by atoms with Gasteiger partial charge < -0.3 is 10.3 Å². The topological polar surface area (TPSA) is 96.9 Å². The first-order valence-corrected chi connectivity index (χ1v) is 7.36. The zero-order chi connectivity index (χ0) is 15.7. The maximum absolute atomic E-state index is 12.3. The molecule has 8 heteroatoms. The van der Waals surface area contributed by atoms with Crippen LogP contribution in [0.5, 0.6) is 0 Å². The molecule has 3 rings (SSSR count). The van der Waals surface area contributed by atoms with Gasteiger partial charge in [-0.15, -0.1) is 11.3 Å². The Morgan fingerprint density at radius 3 is 2.86 bits per heavy atom. The number of para-hydroxylation sites is 1. The summed E-state index contributed by atoms with van der Waals surface area (Å²) in [6, 6.07) is 6.66. The predicted molar refractivity (Wildman–Crippen MR) is 84.3 cm³/mol. The van der Waals surface area contributed by atoms with Crippen LogP contribution in [0.2, 0.25) is 0 Å². The van der Waals surface area contributed by atoms with Gasteiger partial charge in [-0.05, 0) is 19.1 Å². The Morgan fingerprint density at radius 1 is 1.36 bits per heavy atom. The third kappa shape index (κ3) is 2.68. The molecule has 0 spiro atoms. The molecule has 0 radical (unpaired) electrons. The van der Waals surface area contributed by atoms with E-state index in [1.807, 2.05) is 6.92 Å². The van der Waals surface area contributed by atoms with Gasteiger partial charge in [-0.1, -0.05) is 12.1 Å². The van der Waals surface area contributed by atoms with E-state index in [2.05, 4.69) is 15.3 Å². The summed E-state index contributed by atoms with van der Waals surface area (Å²) in [6.45, 7) is 1.45. The summed E-state index contributed by atoms with van der Waals surface area (Å²) in [4.78, 5) is 42.9. The molecule has 2 heterocycles. The number of nitrogens with zero attached hydrogens (tertiary/aromatic N) is 2. The van der Waals surface area contributed by atoms with Crippen LogP contribution in [-0.2, 0) is 11.3 Å². The number of benzene rings is 1. The molecule has 0 atom stereocenters. The average Bonchev–Trinajstić information content (AvgIpc) is 2.88. The standard InChI is InChI=1S/C14H12N4O3S/c1-8-7-22-13(15-8)17-11(19)6-18-12(20)9-4-2-3-5-10(9)16-14(18)21/h2-5,7H,6H2,1H3,(H,16,21)(H,15,17,19). The van der Waals surface area contributed by atoms with Crippen LogP contribution in [0.15, 0.2) is 39.2 Å². The van der Waals surface area contributed by atoms with E-state index in [1.54, 1.807) is 29.6 Å². The number of hydrogen-bond acceptors (Lipinski definition) is 5. The minimum atomic E-state index is -0.617. The normalized spacial score (nSPS) is 10.8. The molecule has 0 saturated heterocycles. The van der Waals surface area contributed by atoms with Crippen LogP contribution in [0.3, 0.4) is 0 Å². The van der Waals surface area contributed by atoms with Gasteiger partial charge in [0.05, 0.1) is 16.6 Å². The zero-order valence-electron chi connectivity index (χ0n) is 11.6. The minimum Gasteiger partial charge on any atom is -0.307 e. The van der Waals surface area contributed by atoms with E-state index in [9.17, 15) is 14.4 Å². The van der Waals surface area contributed by atoms with Gasteiger partial charge in [0, 0.05) is 5.38 Å². The van der Waals surface area contributed by atoms with Gasteiger partial charge >= 0.3 is 5.69 Å². The van der Waals surface area contributed by atoms with Gasteiger partial charge in [-0.25, -0.2) is 9.78 Å². The number of carbonyl (C=O) groups excluding carboxylic acids is 1. The third-order valence-corrected chi connectivity index (χ3v) is 3.93. The number of fused-ring (bicyclic) bond motifs is 1. The molecule has 0 bridgehead atoms. The highest BCUT2D eigenvalue weighted by Gasteiger charge is 2.12. The molecule has 0 fully saturated rings. The molecule has 0 unspecified atom stereocenters. The summed E-state index contributed by atoms with van der Waals surface area (Å²) in [5.74, 6) is -0.475. The van der Waals surface area contributed by atoms with Crippen molar-refractivity contribution in [3.63, 3.8) is 0 Å². The summed E-state index contributed by atoms with van der Waals surface area (Å²) >= 11 is 1.28. The second-order valence-corrected chi connectivity index (χ2v) is 5.57. The fraction of sp³-hybridized carbons (Fsp3) is 0.143.